The molecule has 2 aromatic carbocycles. The third-order valence-electron chi connectivity index (χ3n) is 5.27. The van der Waals surface area contributed by atoms with Gasteiger partial charge in [-0.15, -0.1) is 0 Å². The first-order valence-electron chi connectivity index (χ1n) is 10.3. The lowest BCUT2D eigenvalue weighted by Crippen LogP contribution is -2.29. The van der Waals surface area contributed by atoms with E-state index in [0.29, 0.717) is 0 Å². The van der Waals surface area contributed by atoms with E-state index < -0.39 is 46.7 Å². The van der Waals surface area contributed by atoms with Crippen LogP contribution in [0.5, 0.6) is 0 Å². The number of ketones is 1. The number of anilines is 1. The molecule has 4 rings (SSSR count). The van der Waals surface area contributed by atoms with E-state index in [1.165, 1.54) is 43.3 Å². The molecule has 1 saturated heterocycles. The van der Waals surface area contributed by atoms with Crippen molar-refractivity contribution in [3.05, 3.63) is 100 Å². The number of benzene rings is 2. The van der Waals surface area contributed by atoms with Gasteiger partial charge in [0.15, 0.2) is 5.13 Å². The van der Waals surface area contributed by atoms with Gasteiger partial charge in [0.05, 0.1) is 11.3 Å². The summed E-state index contributed by atoms with van der Waals surface area (Å²) in [5.74, 6) is -4.74. The molecule has 0 saturated carbocycles. The van der Waals surface area contributed by atoms with Crippen LogP contribution in [-0.4, -0.2) is 34.4 Å². The molecule has 2 heterocycles. The van der Waals surface area contributed by atoms with Crippen LogP contribution in [0.1, 0.15) is 32.5 Å². The number of hydrogen-bond acceptors (Lipinski definition) is 7. The quantitative estimate of drug-likeness (QED) is 0.175. The van der Waals surface area contributed by atoms with Gasteiger partial charge in [0.25, 0.3) is 5.78 Å². The molecule has 178 valence electrons. The summed E-state index contributed by atoms with van der Waals surface area (Å²) >= 11 is 0.794. The maximum absolute atomic E-state index is 14.9. The summed E-state index contributed by atoms with van der Waals surface area (Å²) in [6, 6.07) is 8.71. The molecule has 0 bridgehead atoms. The largest absolute Gasteiger partial charge is 0.507 e. The minimum atomic E-state index is -1.39. The lowest BCUT2D eigenvalue weighted by Gasteiger charge is -2.23. The van der Waals surface area contributed by atoms with Crippen LogP contribution in [0.25, 0.3) is 5.76 Å². The highest BCUT2D eigenvalue weighted by Crippen LogP contribution is 2.44. The SMILES string of the molecule is C=CCOC(=O)c1sc(N2C(=O)C(=O)C(=C(O)c3ccc(F)cc3)[C@@H]2c2ccccc2F)nc1C. The second kappa shape index (κ2) is 9.59. The van der Waals surface area contributed by atoms with Crippen molar-refractivity contribution in [2.75, 3.05) is 11.5 Å². The van der Waals surface area contributed by atoms with Crippen molar-refractivity contribution in [3.8, 4) is 0 Å². The topological polar surface area (TPSA) is 96.8 Å². The predicted octanol–water partition coefficient (Wildman–Crippen LogP) is 4.70. The molecule has 1 aromatic heterocycles. The van der Waals surface area contributed by atoms with E-state index in [4.69, 9.17) is 4.74 Å². The van der Waals surface area contributed by atoms with E-state index in [9.17, 15) is 28.3 Å². The van der Waals surface area contributed by atoms with E-state index in [2.05, 4.69) is 11.6 Å². The van der Waals surface area contributed by atoms with E-state index in [-0.39, 0.29) is 33.4 Å². The fourth-order valence-electron chi connectivity index (χ4n) is 3.66. The van der Waals surface area contributed by atoms with E-state index in [0.717, 1.165) is 34.4 Å². The summed E-state index contributed by atoms with van der Waals surface area (Å²) in [5, 5.41) is 10.9. The minimum absolute atomic E-state index is 0.0388. The Morgan fingerprint density at radius 1 is 1.20 bits per heavy atom. The molecule has 1 N–H and O–H groups in total. The average Bonchev–Trinajstić information content (AvgIpc) is 3.34. The van der Waals surface area contributed by atoms with Crippen molar-refractivity contribution in [1.29, 1.82) is 0 Å². The molecular weight excluding hydrogens is 478 g/mol. The van der Waals surface area contributed by atoms with Crippen LogP contribution in [0, 0.1) is 18.6 Å². The summed E-state index contributed by atoms with van der Waals surface area (Å²) in [4.78, 5) is 43.9. The Balaban J connectivity index is 1.90. The van der Waals surface area contributed by atoms with Crippen LogP contribution in [-0.2, 0) is 14.3 Å². The van der Waals surface area contributed by atoms with Crippen molar-refractivity contribution >= 4 is 39.9 Å². The maximum atomic E-state index is 14.9. The molecule has 1 atom stereocenters. The van der Waals surface area contributed by atoms with Gasteiger partial charge in [-0.25, -0.2) is 18.6 Å². The number of amides is 1. The molecule has 0 aliphatic carbocycles. The van der Waals surface area contributed by atoms with Crippen LogP contribution >= 0.6 is 11.3 Å². The molecule has 1 aliphatic heterocycles. The van der Waals surface area contributed by atoms with E-state index in [1.54, 1.807) is 0 Å². The molecule has 0 unspecified atom stereocenters. The smallest absolute Gasteiger partial charge is 0.350 e. The van der Waals surface area contributed by atoms with Gasteiger partial charge in [-0.3, -0.25) is 14.5 Å². The number of nitrogens with zero attached hydrogens (tertiary/aromatic N) is 2. The van der Waals surface area contributed by atoms with Gasteiger partial charge in [0.2, 0.25) is 0 Å². The number of aromatic nitrogens is 1. The van der Waals surface area contributed by atoms with Crippen LogP contribution in [0.2, 0.25) is 0 Å². The highest BCUT2D eigenvalue weighted by molar-refractivity contribution is 7.17. The van der Waals surface area contributed by atoms with Gasteiger partial charge in [-0.05, 0) is 37.3 Å². The number of ether oxygens (including phenoxy) is 1. The van der Waals surface area contributed by atoms with Gasteiger partial charge in [-0.2, -0.15) is 0 Å². The van der Waals surface area contributed by atoms with Gasteiger partial charge in [0, 0.05) is 11.1 Å². The molecule has 1 amide bonds. The van der Waals surface area contributed by atoms with Gasteiger partial charge in [0.1, 0.15) is 34.9 Å². The number of hydrogen-bond donors (Lipinski definition) is 1. The molecule has 0 spiro atoms. The van der Waals surface area contributed by atoms with Crippen molar-refractivity contribution < 1.29 is 33.0 Å². The normalized spacial score (nSPS) is 17.0. The van der Waals surface area contributed by atoms with Crippen molar-refractivity contribution in [1.82, 2.24) is 4.98 Å². The number of aliphatic hydroxyl groups is 1. The van der Waals surface area contributed by atoms with Crippen LogP contribution < -0.4 is 4.90 Å². The zero-order valence-corrected chi connectivity index (χ0v) is 19.1. The number of carbonyl (C=O) groups is 3. The standard InChI is InChI=1S/C25H18F2N2O5S/c1-3-12-34-24(33)22-13(2)28-25(35-22)29-19(16-6-4-5-7-17(16)27)18(21(31)23(29)32)20(30)14-8-10-15(26)11-9-14/h3-11,19,30H,1,12H2,2H3/t19-/m0/s1. The Bertz CT molecular complexity index is 1380. The number of rotatable bonds is 6. The number of halogens is 2. The monoisotopic (exact) mass is 496 g/mol. The molecular formula is C25H18F2N2O5S. The maximum Gasteiger partial charge on any atom is 0.350 e. The number of thiazole rings is 1. The summed E-state index contributed by atoms with van der Waals surface area (Å²) in [6.45, 7) is 4.96. The number of aryl methyl sites for hydroxylation is 1. The van der Waals surface area contributed by atoms with Gasteiger partial charge >= 0.3 is 11.9 Å². The first kappa shape index (κ1) is 24.0. The third kappa shape index (κ3) is 4.35. The summed E-state index contributed by atoms with van der Waals surface area (Å²) in [6.07, 6.45) is 1.39. The van der Waals surface area contributed by atoms with Gasteiger partial charge in [-0.1, -0.05) is 42.2 Å². The number of Topliss-reactive ketones (excluding diaryl/α,β-unsaturated/α-hetero) is 1. The van der Waals surface area contributed by atoms with Crippen molar-refractivity contribution in [2.45, 2.75) is 13.0 Å². The highest BCUT2D eigenvalue weighted by Gasteiger charge is 2.49. The molecule has 3 aromatic rings. The Morgan fingerprint density at radius 2 is 1.89 bits per heavy atom. The Kier molecular flexibility index (Phi) is 6.57. The van der Waals surface area contributed by atoms with Crippen molar-refractivity contribution in [2.24, 2.45) is 0 Å². The third-order valence-corrected chi connectivity index (χ3v) is 6.41. The van der Waals surface area contributed by atoms with Gasteiger partial charge < -0.3 is 9.84 Å². The molecule has 1 fully saturated rings. The molecule has 0 radical (unpaired) electrons. The zero-order chi connectivity index (χ0) is 25.3. The molecule has 10 heteroatoms. The van der Waals surface area contributed by atoms with E-state index in [1.807, 2.05) is 0 Å². The van der Waals surface area contributed by atoms with Crippen LogP contribution in [0.3, 0.4) is 0 Å². The first-order chi connectivity index (χ1) is 16.7. The Labute approximate surface area is 202 Å². The van der Waals surface area contributed by atoms with Crippen LogP contribution in [0.4, 0.5) is 13.9 Å². The number of carbonyl (C=O) groups excluding carboxylic acids is 3. The summed E-state index contributed by atoms with van der Waals surface area (Å²) in [5.41, 5.74) is -0.157. The summed E-state index contributed by atoms with van der Waals surface area (Å²) in [7, 11) is 0. The zero-order valence-electron chi connectivity index (χ0n) is 18.3. The number of aliphatic hydroxyl groups excluding tert-OH is 1. The molecule has 1 aliphatic rings. The van der Waals surface area contributed by atoms with Crippen molar-refractivity contribution in [3.63, 3.8) is 0 Å². The van der Waals surface area contributed by atoms with Crippen LogP contribution in [0.15, 0.2) is 66.8 Å². The fraction of sp³-hybridized carbons (Fsp3) is 0.120. The number of esters is 1. The molecule has 7 nitrogen and oxygen atoms in total. The lowest BCUT2D eigenvalue weighted by molar-refractivity contribution is -0.132. The van der Waals surface area contributed by atoms with E-state index >= 15 is 0 Å². The Morgan fingerprint density at radius 3 is 2.54 bits per heavy atom. The highest BCUT2D eigenvalue weighted by atomic mass is 32.1. The second-order valence-corrected chi connectivity index (χ2v) is 8.47. The Hall–Kier alpha value is -4.18. The summed E-state index contributed by atoms with van der Waals surface area (Å²) < 4.78 is 33.4. The predicted molar refractivity (Wildman–Crippen MR) is 125 cm³/mol. The lowest BCUT2D eigenvalue weighted by atomic mass is 9.95. The second-order valence-electron chi connectivity index (χ2n) is 7.50. The molecule has 35 heavy (non-hydrogen) atoms. The first-order valence-corrected chi connectivity index (χ1v) is 11.1. The average molecular weight is 496 g/mol. The minimum Gasteiger partial charge on any atom is -0.507 e. The fourth-order valence-corrected chi connectivity index (χ4v) is 4.65.